The summed E-state index contributed by atoms with van der Waals surface area (Å²) >= 11 is 9.15. The normalized spacial score (nSPS) is 34.2. The largest absolute Gasteiger partial charge is 2.00 e. The number of thiol groups is 1. The van der Waals surface area contributed by atoms with Gasteiger partial charge >= 0.3 is 209 Å². The van der Waals surface area contributed by atoms with Crippen LogP contribution in [0.4, 0.5) is 0 Å². The molecule has 4 fully saturated rings. The molecule has 4 aliphatic heterocycles. The molecule has 0 aromatic carbocycles. The van der Waals surface area contributed by atoms with Gasteiger partial charge in [0, 0.05) is 0 Å². The molecule has 4 saturated heterocycles. The van der Waals surface area contributed by atoms with Crippen molar-refractivity contribution in [3.05, 3.63) is 26.4 Å². The first-order chi connectivity index (χ1) is 25.5. The molecule has 0 saturated carbocycles. The zero-order chi connectivity index (χ0) is 42.7. The van der Waals surface area contributed by atoms with E-state index in [4.69, 9.17) is 62.8 Å². The van der Waals surface area contributed by atoms with Crippen molar-refractivity contribution in [3.63, 3.8) is 0 Å². The van der Waals surface area contributed by atoms with Gasteiger partial charge in [-0.05, 0) is 78.7 Å². The fraction of sp³-hybridized carbons (Fsp3) is 0.882. The molecule has 14 atom stereocenters. The van der Waals surface area contributed by atoms with Crippen molar-refractivity contribution in [2.75, 3.05) is 19.8 Å². The molecule has 0 bridgehead atoms. The van der Waals surface area contributed by atoms with E-state index in [1.807, 2.05) is 6.92 Å². The molecule has 5 N–H and O–H groups in total. The number of aliphatic hydroxyl groups is 4. The van der Waals surface area contributed by atoms with Crippen molar-refractivity contribution in [3.8, 4) is 0 Å². The van der Waals surface area contributed by atoms with Crippen molar-refractivity contribution in [2.45, 2.75) is 165 Å². The fourth-order valence-corrected chi connectivity index (χ4v) is 10.8. The molecule has 340 valence electrons. The molecule has 0 aromatic rings. The monoisotopic (exact) mass is 1470 g/mol. The van der Waals surface area contributed by atoms with Gasteiger partial charge in [-0.25, -0.2) is 4.57 Å². The SMILES string of the molecule is CC[C@H]1O[CH-][C@@H](O[Si](C)(C)C(C)(C)C)C1OP(O)(=S)OC[C@H]1O[CH-][C@@H](O[Si](C)(C)C(C)(C)C)C1C.O=P(S)(OC[C@H]1O[CH-][C@@H](O)C1O)OC1[C@H](O)[CH-]O[C@@H]1CO.[Ba+2].[Ba+2].[Ba+2].[Ba+2].[H-].[H-].[H-].[H-]. The van der Waals surface area contributed by atoms with Gasteiger partial charge in [-0.1, -0.05) is 73.7 Å². The summed E-state index contributed by atoms with van der Waals surface area (Å²) in [6, 6.07) is 0. The Hall–Kier alpha value is 7.35. The van der Waals surface area contributed by atoms with Crippen LogP contribution in [0.25, 0.3) is 0 Å². The molecule has 4 rings (SSSR count). The van der Waals surface area contributed by atoms with E-state index in [1.165, 1.54) is 0 Å². The second-order valence-electron chi connectivity index (χ2n) is 17.5. The molecule has 6 unspecified atom stereocenters. The zero-order valence-corrected chi connectivity index (χ0v) is 60.6. The van der Waals surface area contributed by atoms with Gasteiger partial charge in [0.15, 0.2) is 16.6 Å². The summed E-state index contributed by atoms with van der Waals surface area (Å²) in [6.07, 6.45) is -7.29. The summed E-state index contributed by atoms with van der Waals surface area (Å²) in [4.78, 5) is 10.9. The third kappa shape index (κ3) is 21.1. The van der Waals surface area contributed by atoms with E-state index in [0.717, 1.165) is 13.2 Å². The summed E-state index contributed by atoms with van der Waals surface area (Å²) in [5, 5.41) is 37.5. The molecular weight excluding hydrogens is 1400 g/mol. The maximum absolute atomic E-state index is 12.1. The Balaban J connectivity index is -0.000000254. The average Bonchev–Trinajstić information content (AvgIpc) is 3.81. The fourth-order valence-electron chi connectivity index (χ4n) is 5.33. The summed E-state index contributed by atoms with van der Waals surface area (Å²) < 4.78 is 68.5. The van der Waals surface area contributed by atoms with E-state index in [-0.39, 0.29) is 249 Å². The van der Waals surface area contributed by atoms with Gasteiger partial charge in [-0.15, -0.1) is 0 Å². The van der Waals surface area contributed by atoms with Gasteiger partial charge in [0.2, 0.25) is 0 Å². The first-order valence-electron chi connectivity index (χ1n) is 18.8. The summed E-state index contributed by atoms with van der Waals surface area (Å²) in [5.41, 5.74) is 0. The molecule has 16 nitrogen and oxygen atoms in total. The van der Waals surface area contributed by atoms with E-state index >= 15 is 0 Å². The van der Waals surface area contributed by atoms with Gasteiger partial charge in [0.1, 0.15) is 0 Å². The van der Waals surface area contributed by atoms with Crippen LogP contribution < -0.4 is 0 Å². The Morgan fingerprint density at radius 2 is 1.17 bits per heavy atom. The second-order valence-corrected chi connectivity index (χ2v) is 32.7. The quantitative estimate of drug-likeness (QED) is 0.0556. The van der Waals surface area contributed by atoms with Crippen LogP contribution in [0.3, 0.4) is 0 Å². The smallest absolute Gasteiger partial charge is 1.00 e. The molecular formula is C34H70Ba4O16P2S2Si2. The topological polar surface area (TPSA) is 211 Å². The van der Waals surface area contributed by atoms with Crippen LogP contribution in [0.5, 0.6) is 0 Å². The maximum atomic E-state index is 12.1. The zero-order valence-electron chi connectivity index (χ0n) is 41.4. The van der Waals surface area contributed by atoms with Gasteiger partial charge in [0.25, 0.3) is 0 Å². The molecule has 0 aromatic heterocycles. The van der Waals surface area contributed by atoms with Gasteiger partial charge in [-0.2, -0.15) is 26.4 Å². The number of aliphatic hydroxyl groups excluding tert-OH is 4. The summed E-state index contributed by atoms with van der Waals surface area (Å²) in [7, 11) is -4.04. The molecule has 0 spiro atoms. The van der Waals surface area contributed by atoms with Crippen LogP contribution >= 0.6 is 25.8 Å². The standard InChI is InChI=1S/C24H49O7PSSi2.C10H17O9PS.4Ba.4H/c1-13-18-22(21(15-26-18)31-35(11,12)24(6,7)8)29-32(25,33)28-16-19-17(2)20(14-27-19)30-34(9,10)23(3,4)5;11-1-7-10(6(13)3-16-7)19-20(15,21)18-4-8-9(14)5(12)2-17-8;;;;;;;;/h14-15,17-22H,13,16H2,1-12H3,(H,25,33);2-3,5-14H,1,4H2,(H,15,21);;;;;;;;/q2*-2;4*+2;4*-1/t17?,18-,19-,20-,21-,22?,32?;5-,6-,7-,8-,9?,10?,20?;;;;;;;;/m11......../s1. The van der Waals surface area contributed by atoms with Crippen LogP contribution in [-0.2, 0) is 62.3 Å². The Morgan fingerprint density at radius 3 is 1.65 bits per heavy atom. The first-order valence-corrected chi connectivity index (χ1v) is 29.9. The van der Waals surface area contributed by atoms with E-state index in [0.29, 0.717) is 6.42 Å². The third-order valence-corrected chi connectivity index (χ3v) is 23.3. The van der Waals surface area contributed by atoms with Gasteiger partial charge in [-0.3, -0.25) is 9.05 Å². The maximum Gasteiger partial charge on any atom is 2.00 e. The number of hydrogen-bond acceptors (Lipinski definition) is 16. The first kappa shape index (κ1) is 69.4. The van der Waals surface area contributed by atoms with E-state index < -0.39 is 85.6 Å². The predicted molar refractivity (Wildman–Crippen MR) is 248 cm³/mol. The minimum atomic E-state index is -3.89. The number of hydrogen-bond donors (Lipinski definition) is 6. The summed E-state index contributed by atoms with van der Waals surface area (Å²) in [5.74, 6) is 0.0697. The summed E-state index contributed by atoms with van der Waals surface area (Å²) in [6.45, 7) is 23.5. The Morgan fingerprint density at radius 1 is 0.717 bits per heavy atom. The van der Waals surface area contributed by atoms with Crippen LogP contribution in [0, 0.1) is 32.3 Å². The Kier molecular flexibility index (Phi) is 34.6. The molecule has 0 aliphatic carbocycles. The molecule has 60 heavy (non-hydrogen) atoms. The number of ether oxygens (including phenoxy) is 4. The third-order valence-electron chi connectivity index (χ3n) is 11.2. The number of rotatable bonds is 16. The van der Waals surface area contributed by atoms with E-state index in [9.17, 15) is 24.8 Å². The molecule has 4 aliphatic rings. The van der Waals surface area contributed by atoms with Crippen molar-refractivity contribution >= 4 is 250 Å². The minimum absolute atomic E-state index is 0. The Bertz CT molecular complexity index is 1380. The van der Waals surface area contributed by atoms with Crippen LogP contribution in [0.15, 0.2) is 0 Å². The minimum Gasteiger partial charge on any atom is -1.00 e. The predicted octanol–water partition coefficient (Wildman–Crippen LogP) is 4.10. The van der Waals surface area contributed by atoms with E-state index in [1.54, 1.807) is 13.2 Å². The van der Waals surface area contributed by atoms with Crippen molar-refractivity contribution in [1.82, 2.24) is 0 Å². The van der Waals surface area contributed by atoms with Crippen molar-refractivity contribution < 1.29 is 81.5 Å². The second kappa shape index (κ2) is 29.9. The Labute approximate surface area is 538 Å². The molecule has 4 heterocycles. The van der Waals surface area contributed by atoms with Gasteiger partial charge < -0.3 is 67.9 Å². The van der Waals surface area contributed by atoms with Crippen LogP contribution in [0.2, 0.25) is 36.3 Å². The van der Waals surface area contributed by atoms with Gasteiger partial charge in [0.05, 0.1) is 62.5 Å². The van der Waals surface area contributed by atoms with E-state index in [2.05, 4.69) is 86.9 Å². The molecule has 26 heteroatoms. The van der Waals surface area contributed by atoms with Crippen molar-refractivity contribution in [2.24, 2.45) is 5.92 Å². The van der Waals surface area contributed by atoms with Crippen LogP contribution in [0.1, 0.15) is 67.5 Å². The van der Waals surface area contributed by atoms with Crippen molar-refractivity contribution in [1.29, 1.82) is 0 Å². The van der Waals surface area contributed by atoms with Crippen LogP contribution in [-0.4, -0.2) is 324 Å². The molecule has 0 radical (unpaired) electrons. The molecule has 0 amide bonds. The average molecular weight is 1470 g/mol.